The molecule has 0 atom stereocenters. The van der Waals surface area contributed by atoms with Crippen LogP contribution in [0.3, 0.4) is 0 Å². The van der Waals surface area contributed by atoms with Gasteiger partial charge in [0.1, 0.15) is 5.75 Å². The van der Waals surface area contributed by atoms with Crippen molar-refractivity contribution in [3.8, 4) is 17.2 Å². The topological polar surface area (TPSA) is 48.2 Å². The van der Waals surface area contributed by atoms with Crippen LogP contribution in [0, 0.1) is 0 Å². The van der Waals surface area contributed by atoms with Gasteiger partial charge >= 0.3 is 6.61 Å². The number of ether oxygens (including phenoxy) is 1. The minimum absolute atomic E-state index is 0.0434. The number of hydrogen-bond donors (Lipinski definition) is 0. The molecule has 0 aliphatic heterocycles. The van der Waals surface area contributed by atoms with Gasteiger partial charge in [0, 0.05) is 21.5 Å². The first kappa shape index (κ1) is 11.0. The van der Waals surface area contributed by atoms with E-state index in [9.17, 15) is 8.78 Å². The van der Waals surface area contributed by atoms with Gasteiger partial charge in [0.25, 0.3) is 4.80 Å². The Balaban J connectivity index is 2.28. The maximum atomic E-state index is 12.0. The molecule has 2 aromatic rings. The molecule has 0 N–H and O–H groups in total. The molecule has 16 heavy (non-hydrogen) atoms. The standard InChI is InChI=1S/C9H5BrF2N2O2/c10-8-14-13-7(16-8)5-2-1-3-6(4-5)15-9(11)12/h1-4,9H. The maximum Gasteiger partial charge on any atom is 0.387 e. The molecule has 0 aliphatic carbocycles. The quantitative estimate of drug-likeness (QED) is 0.871. The molecule has 0 aliphatic rings. The Morgan fingerprint density at radius 2 is 2.12 bits per heavy atom. The molecular weight excluding hydrogens is 286 g/mol. The summed E-state index contributed by atoms with van der Waals surface area (Å²) in [7, 11) is 0. The van der Waals surface area contributed by atoms with E-state index < -0.39 is 6.61 Å². The van der Waals surface area contributed by atoms with Crippen molar-refractivity contribution in [2.75, 3.05) is 0 Å². The number of halogens is 3. The van der Waals surface area contributed by atoms with Crippen molar-refractivity contribution in [1.29, 1.82) is 0 Å². The second kappa shape index (κ2) is 4.56. The summed E-state index contributed by atoms with van der Waals surface area (Å²) in [5.41, 5.74) is 0.511. The zero-order chi connectivity index (χ0) is 11.5. The molecule has 1 aromatic heterocycles. The Labute approximate surface area is 97.4 Å². The van der Waals surface area contributed by atoms with Gasteiger partial charge in [0.2, 0.25) is 5.89 Å². The van der Waals surface area contributed by atoms with Crippen molar-refractivity contribution in [2.24, 2.45) is 0 Å². The number of aromatic nitrogens is 2. The van der Waals surface area contributed by atoms with Crippen LogP contribution in [0.4, 0.5) is 8.78 Å². The van der Waals surface area contributed by atoms with E-state index in [-0.39, 0.29) is 16.4 Å². The Hall–Kier alpha value is -1.50. The first-order valence-electron chi connectivity index (χ1n) is 4.19. The molecule has 0 spiro atoms. The van der Waals surface area contributed by atoms with Crippen LogP contribution in [-0.2, 0) is 0 Å². The summed E-state index contributed by atoms with van der Waals surface area (Å²) in [6.45, 7) is -2.86. The average molecular weight is 291 g/mol. The van der Waals surface area contributed by atoms with E-state index >= 15 is 0 Å². The van der Waals surface area contributed by atoms with Crippen LogP contribution in [0.2, 0.25) is 0 Å². The molecule has 2 rings (SSSR count). The number of benzene rings is 1. The Morgan fingerprint density at radius 1 is 1.31 bits per heavy atom. The SMILES string of the molecule is FC(F)Oc1cccc(-c2nnc(Br)o2)c1. The third kappa shape index (κ3) is 2.54. The highest BCUT2D eigenvalue weighted by Gasteiger charge is 2.09. The predicted molar refractivity (Wildman–Crippen MR) is 54.1 cm³/mol. The molecule has 0 saturated heterocycles. The first-order chi connectivity index (χ1) is 7.65. The highest BCUT2D eigenvalue weighted by molar-refractivity contribution is 9.10. The lowest BCUT2D eigenvalue weighted by Gasteiger charge is -2.04. The fraction of sp³-hybridized carbons (Fsp3) is 0.111. The lowest BCUT2D eigenvalue weighted by Crippen LogP contribution is -2.01. The fourth-order valence-corrected chi connectivity index (χ4v) is 1.36. The summed E-state index contributed by atoms with van der Waals surface area (Å²) in [5, 5.41) is 7.29. The van der Waals surface area contributed by atoms with E-state index in [0.29, 0.717) is 5.56 Å². The van der Waals surface area contributed by atoms with Crippen molar-refractivity contribution in [1.82, 2.24) is 10.2 Å². The minimum atomic E-state index is -2.86. The third-order valence-electron chi connectivity index (χ3n) is 1.71. The van der Waals surface area contributed by atoms with E-state index in [4.69, 9.17) is 4.42 Å². The van der Waals surface area contributed by atoms with Crippen molar-refractivity contribution in [2.45, 2.75) is 6.61 Å². The summed E-state index contributed by atoms with van der Waals surface area (Å²) < 4.78 is 33.3. The Bertz CT molecular complexity index is 490. The zero-order valence-electron chi connectivity index (χ0n) is 7.73. The van der Waals surface area contributed by atoms with Gasteiger partial charge in [-0.2, -0.15) is 8.78 Å². The smallest absolute Gasteiger partial charge is 0.387 e. The zero-order valence-corrected chi connectivity index (χ0v) is 9.32. The molecule has 1 aromatic carbocycles. The van der Waals surface area contributed by atoms with Gasteiger partial charge in [-0.1, -0.05) is 6.07 Å². The minimum Gasteiger partial charge on any atom is -0.435 e. The molecule has 0 bridgehead atoms. The molecule has 7 heteroatoms. The number of rotatable bonds is 3. The van der Waals surface area contributed by atoms with Crippen LogP contribution >= 0.6 is 15.9 Å². The molecule has 0 radical (unpaired) electrons. The van der Waals surface area contributed by atoms with Gasteiger partial charge in [-0.15, -0.1) is 10.2 Å². The molecule has 0 unspecified atom stereocenters. The normalized spacial score (nSPS) is 10.8. The van der Waals surface area contributed by atoms with E-state index in [1.807, 2.05) is 0 Å². The molecule has 1 heterocycles. The molecule has 4 nitrogen and oxygen atoms in total. The van der Waals surface area contributed by atoms with E-state index in [0.717, 1.165) is 0 Å². The van der Waals surface area contributed by atoms with Gasteiger partial charge in [-0.3, -0.25) is 0 Å². The summed E-state index contributed by atoms with van der Waals surface area (Å²) in [6.07, 6.45) is 0. The lowest BCUT2D eigenvalue weighted by atomic mass is 10.2. The maximum absolute atomic E-state index is 12.0. The second-order valence-electron chi connectivity index (χ2n) is 2.77. The van der Waals surface area contributed by atoms with Gasteiger partial charge < -0.3 is 9.15 Å². The second-order valence-corrected chi connectivity index (χ2v) is 3.44. The molecule has 84 valence electrons. The summed E-state index contributed by atoms with van der Waals surface area (Å²) in [6, 6.07) is 6.02. The largest absolute Gasteiger partial charge is 0.435 e. The Kier molecular flexibility index (Phi) is 3.14. The van der Waals surface area contributed by atoms with Gasteiger partial charge in [0.15, 0.2) is 0 Å². The highest BCUT2D eigenvalue weighted by atomic mass is 79.9. The predicted octanol–water partition coefficient (Wildman–Crippen LogP) is 3.10. The third-order valence-corrected chi connectivity index (χ3v) is 2.03. The van der Waals surface area contributed by atoms with Crippen LogP contribution in [0.5, 0.6) is 5.75 Å². The Morgan fingerprint density at radius 3 is 2.75 bits per heavy atom. The van der Waals surface area contributed by atoms with Crippen LogP contribution < -0.4 is 4.74 Å². The summed E-state index contributed by atoms with van der Waals surface area (Å²) in [5.74, 6) is 0.272. The van der Waals surface area contributed by atoms with Crippen LogP contribution in [-0.4, -0.2) is 16.8 Å². The monoisotopic (exact) mass is 290 g/mol. The van der Waals surface area contributed by atoms with Crippen LogP contribution in [0.15, 0.2) is 33.5 Å². The van der Waals surface area contributed by atoms with E-state index in [1.54, 1.807) is 12.1 Å². The molecule has 0 amide bonds. The molecular formula is C9H5BrF2N2O2. The first-order valence-corrected chi connectivity index (χ1v) is 4.99. The van der Waals surface area contributed by atoms with Crippen LogP contribution in [0.25, 0.3) is 11.5 Å². The van der Waals surface area contributed by atoms with Crippen molar-refractivity contribution in [3.63, 3.8) is 0 Å². The van der Waals surface area contributed by atoms with Gasteiger partial charge in [0.05, 0.1) is 0 Å². The average Bonchev–Trinajstić information content (AvgIpc) is 2.64. The van der Waals surface area contributed by atoms with Crippen molar-refractivity contribution >= 4 is 15.9 Å². The number of hydrogen-bond acceptors (Lipinski definition) is 4. The fourth-order valence-electron chi connectivity index (χ4n) is 1.13. The lowest BCUT2D eigenvalue weighted by molar-refractivity contribution is -0.0498. The molecule has 0 fully saturated rings. The van der Waals surface area contributed by atoms with Gasteiger partial charge in [-0.25, -0.2) is 0 Å². The number of alkyl halides is 2. The molecule has 0 saturated carbocycles. The summed E-state index contributed by atoms with van der Waals surface area (Å²) in [4.78, 5) is 0.225. The summed E-state index contributed by atoms with van der Waals surface area (Å²) >= 11 is 3.00. The van der Waals surface area contributed by atoms with Crippen molar-refractivity contribution in [3.05, 3.63) is 29.1 Å². The van der Waals surface area contributed by atoms with Crippen LogP contribution in [0.1, 0.15) is 0 Å². The highest BCUT2D eigenvalue weighted by Crippen LogP contribution is 2.24. The van der Waals surface area contributed by atoms with Crippen molar-refractivity contribution < 1.29 is 17.9 Å². The van der Waals surface area contributed by atoms with E-state index in [1.165, 1.54) is 12.1 Å². The van der Waals surface area contributed by atoms with Gasteiger partial charge in [-0.05, 0) is 18.2 Å². The van der Waals surface area contributed by atoms with E-state index in [2.05, 4.69) is 30.9 Å². The number of nitrogens with zero attached hydrogens (tertiary/aromatic N) is 2.